The van der Waals surface area contributed by atoms with Crippen LogP contribution < -0.4 is 10.4 Å². The van der Waals surface area contributed by atoms with Gasteiger partial charge in [-0.3, -0.25) is 5.32 Å². The molecule has 2 atom stereocenters. The van der Waals surface area contributed by atoms with E-state index in [1.807, 2.05) is 79.7 Å². The lowest BCUT2D eigenvalue weighted by molar-refractivity contribution is 0.0209. The minimum Gasteiger partial charge on any atom is -0.445 e. The van der Waals surface area contributed by atoms with Gasteiger partial charge in [-0.1, -0.05) is 54.6 Å². The number of carbonyl (C=O) groups is 1. The number of hydrogen-bond donors (Lipinski definition) is 1. The molecule has 0 aromatic heterocycles. The zero-order valence-electron chi connectivity index (χ0n) is 13.5. The van der Waals surface area contributed by atoms with Crippen LogP contribution in [0.25, 0.3) is 0 Å². The van der Waals surface area contributed by atoms with Crippen molar-refractivity contribution in [3.63, 3.8) is 0 Å². The van der Waals surface area contributed by atoms with E-state index >= 15 is 0 Å². The lowest BCUT2D eigenvalue weighted by atomic mass is 10.2. The van der Waals surface area contributed by atoms with Gasteiger partial charge in [0.25, 0.3) is 0 Å². The van der Waals surface area contributed by atoms with Crippen LogP contribution in [0.4, 0.5) is 10.5 Å². The predicted octanol–water partition coefficient (Wildman–Crippen LogP) is 3.64. The van der Waals surface area contributed by atoms with E-state index in [1.54, 1.807) is 5.06 Å². The van der Waals surface area contributed by atoms with Crippen LogP contribution in [-0.4, -0.2) is 18.4 Å². The molecule has 2 aromatic rings. The van der Waals surface area contributed by atoms with Crippen molar-refractivity contribution < 1.29 is 14.4 Å². The first-order valence-electron chi connectivity index (χ1n) is 7.89. The van der Waals surface area contributed by atoms with Gasteiger partial charge in [0.1, 0.15) is 6.61 Å². The molecule has 5 nitrogen and oxygen atoms in total. The van der Waals surface area contributed by atoms with E-state index in [0.29, 0.717) is 0 Å². The summed E-state index contributed by atoms with van der Waals surface area (Å²) in [6.07, 6.45) is 2.72. The Morgan fingerprint density at radius 2 is 1.75 bits per heavy atom. The number of alkyl carbamates (subject to hydrolysis) is 1. The molecule has 5 heteroatoms. The molecule has 2 aromatic carbocycles. The number of nitrogens with zero attached hydrogens (tertiary/aromatic N) is 1. The number of hydrogen-bond acceptors (Lipinski definition) is 4. The molecule has 1 heterocycles. The number of benzene rings is 2. The van der Waals surface area contributed by atoms with Gasteiger partial charge < -0.3 is 4.74 Å². The highest BCUT2D eigenvalue weighted by atomic mass is 16.7. The molecule has 1 aliphatic rings. The first-order valence-corrected chi connectivity index (χ1v) is 7.89. The Morgan fingerprint density at radius 1 is 1.08 bits per heavy atom. The van der Waals surface area contributed by atoms with Gasteiger partial charge in [-0.15, -0.1) is 0 Å². The third kappa shape index (κ3) is 4.14. The van der Waals surface area contributed by atoms with Gasteiger partial charge in [-0.05, 0) is 30.7 Å². The Kier molecular flexibility index (Phi) is 5.13. The van der Waals surface area contributed by atoms with Gasteiger partial charge in [0.05, 0.1) is 11.7 Å². The second-order valence-corrected chi connectivity index (χ2v) is 5.52. The molecule has 0 spiro atoms. The molecule has 0 saturated carbocycles. The minimum absolute atomic E-state index is 0.0748. The van der Waals surface area contributed by atoms with Gasteiger partial charge in [0.2, 0.25) is 0 Å². The normalized spacial score (nSPS) is 19.8. The molecule has 3 rings (SSSR count). The first-order chi connectivity index (χ1) is 11.7. The number of carbonyl (C=O) groups excluding carboxylic acids is 1. The highest BCUT2D eigenvalue weighted by molar-refractivity contribution is 5.67. The van der Waals surface area contributed by atoms with Crippen molar-refractivity contribution in [1.82, 2.24) is 5.32 Å². The van der Waals surface area contributed by atoms with E-state index in [4.69, 9.17) is 9.57 Å². The van der Waals surface area contributed by atoms with Crippen molar-refractivity contribution >= 4 is 11.8 Å². The number of anilines is 1. The molecular formula is C19H20N2O3. The summed E-state index contributed by atoms with van der Waals surface area (Å²) in [7, 11) is 0. The van der Waals surface area contributed by atoms with Crippen molar-refractivity contribution in [2.75, 3.05) is 5.06 Å². The van der Waals surface area contributed by atoms with Crippen LogP contribution in [0.3, 0.4) is 0 Å². The third-order valence-electron chi connectivity index (χ3n) is 3.64. The average Bonchev–Trinajstić information content (AvgIpc) is 2.63. The summed E-state index contributed by atoms with van der Waals surface area (Å²) in [6.45, 7) is 2.25. The quantitative estimate of drug-likeness (QED) is 0.873. The molecule has 0 radical (unpaired) electrons. The molecule has 0 saturated heterocycles. The van der Waals surface area contributed by atoms with Crippen molar-refractivity contribution in [3.05, 3.63) is 78.4 Å². The summed E-state index contributed by atoms with van der Waals surface area (Å²) < 4.78 is 5.22. The highest BCUT2D eigenvalue weighted by Gasteiger charge is 2.23. The van der Waals surface area contributed by atoms with Crippen molar-refractivity contribution in [3.8, 4) is 0 Å². The lowest BCUT2D eigenvalue weighted by Gasteiger charge is -2.34. The zero-order chi connectivity index (χ0) is 16.8. The molecule has 1 amide bonds. The molecule has 1 N–H and O–H groups in total. The lowest BCUT2D eigenvalue weighted by Crippen LogP contribution is -2.46. The van der Waals surface area contributed by atoms with E-state index in [1.165, 1.54) is 0 Å². The first kappa shape index (κ1) is 16.1. The summed E-state index contributed by atoms with van der Waals surface area (Å²) >= 11 is 0. The summed E-state index contributed by atoms with van der Waals surface area (Å²) in [5.41, 5.74) is 1.87. The number of hydroxylamine groups is 1. The molecule has 1 aliphatic heterocycles. The van der Waals surface area contributed by atoms with Gasteiger partial charge in [-0.2, -0.15) is 0 Å². The average molecular weight is 324 g/mol. The Hall–Kier alpha value is -2.79. The number of nitrogens with one attached hydrogen (secondary N) is 1. The Morgan fingerprint density at radius 3 is 2.46 bits per heavy atom. The zero-order valence-corrected chi connectivity index (χ0v) is 13.5. The van der Waals surface area contributed by atoms with Gasteiger partial charge >= 0.3 is 6.09 Å². The Balaban J connectivity index is 1.55. The van der Waals surface area contributed by atoms with Gasteiger partial charge in [-0.25, -0.2) is 14.7 Å². The molecule has 0 fully saturated rings. The number of amides is 1. The van der Waals surface area contributed by atoms with Crippen LogP contribution in [0.2, 0.25) is 0 Å². The molecule has 0 aliphatic carbocycles. The van der Waals surface area contributed by atoms with Crippen LogP contribution in [-0.2, 0) is 16.2 Å². The highest BCUT2D eigenvalue weighted by Crippen LogP contribution is 2.21. The molecule has 24 heavy (non-hydrogen) atoms. The van der Waals surface area contributed by atoms with Crippen molar-refractivity contribution in [2.24, 2.45) is 0 Å². The predicted molar refractivity (Wildman–Crippen MR) is 92.2 cm³/mol. The molecule has 0 bridgehead atoms. The van der Waals surface area contributed by atoms with Crippen molar-refractivity contribution in [1.29, 1.82) is 0 Å². The maximum atomic E-state index is 11.9. The van der Waals surface area contributed by atoms with E-state index < -0.39 is 12.3 Å². The van der Waals surface area contributed by atoms with Crippen molar-refractivity contribution in [2.45, 2.75) is 25.8 Å². The number of para-hydroxylation sites is 1. The second kappa shape index (κ2) is 7.66. The maximum absolute atomic E-state index is 11.9. The van der Waals surface area contributed by atoms with Gasteiger partial charge in [0.15, 0.2) is 6.23 Å². The summed E-state index contributed by atoms with van der Waals surface area (Å²) in [5.74, 6) is 0. The summed E-state index contributed by atoms with van der Waals surface area (Å²) in [6, 6.07) is 19.4. The third-order valence-corrected chi connectivity index (χ3v) is 3.64. The topological polar surface area (TPSA) is 50.8 Å². The van der Waals surface area contributed by atoms with Crippen LogP contribution in [0.5, 0.6) is 0 Å². The fourth-order valence-corrected chi connectivity index (χ4v) is 2.42. The van der Waals surface area contributed by atoms with E-state index in [-0.39, 0.29) is 12.6 Å². The monoisotopic (exact) mass is 324 g/mol. The SMILES string of the molecule is CC1C=CC(NC(=O)OCc2ccccc2)ON1c1ccccc1. The molecule has 2 unspecified atom stereocenters. The standard InChI is InChI=1S/C19H20N2O3/c1-15-12-13-18(24-21(15)17-10-6-3-7-11-17)20-19(22)23-14-16-8-4-2-5-9-16/h2-13,15,18H,14H2,1H3,(H,20,22). The number of ether oxygens (including phenoxy) is 1. The fourth-order valence-electron chi connectivity index (χ4n) is 2.42. The number of rotatable bonds is 4. The van der Waals surface area contributed by atoms with Crippen LogP contribution >= 0.6 is 0 Å². The second-order valence-electron chi connectivity index (χ2n) is 5.52. The Labute approximate surface area is 141 Å². The largest absolute Gasteiger partial charge is 0.445 e. The summed E-state index contributed by atoms with van der Waals surface area (Å²) in [4.78, 5) is 17.8. The van der Waals surface area contributed by atoms with Crippen LogP contribution in [0.15, 0.2) is 72.8 Å². The smallest absolute Gasteiger partial charge is 0.409 e. The minimum atomic E-state index is -0.565. The van der Waals surface area contributed by atoms with Gasteiger partial charge in [0, 0.05) is 0 Å². The Bertz CT molecular complexity index is 688. The summed E-state index contributed by atoms with van der Waals surface area (Å²) in [5, 5.41) is 4.46. The molecule has 124 valence electrons. The van der Waals surface area contributed by atoms with E-state index in [9.17, 15) is 4.79 Å². The van der Waals surface area contributed by atoms with E-state index in [0.717, 1.165) is 11.3 Å². The van der Waals surface area contributed by atoms with E-state index in [2.05, 4.69) is 5.32 Å². The maximum Gasteiger partial charge on any atom is 0.409 e. The fraction of sp³-hybridized carbons (Fsp3) is 0.211. The molecular weight excluding hydrogens is 304 g/mol. The van der Waals surface area contributed by atoms with Crippen LogP contribution in [0.1, 0.15) is 12.5 Å². The van der Waals surface area contributed by atoms with Crippen LogP contribution in [0, 0.1) is 0 Å².